The van der Waals surface area contributed by atoms with E-state index in [2.05, 4.69) is 16.0 Å². The Morgan fingerprint density at radius 1 is 1.53 bits per heavy atom. The predicted molar refractivity (Wildman–Crippen MR) is 69.0 cm³/mol. The number of rotatable bonds is 3. The van der Waals surface area contributed by atoms with Crippen molar-refractivity contribution < 1.29 is 14.6 Å². The number of pyridine rings is 1. The van der Waals surface area contributed by atoms with Gasteiger partial charge in [-0.05, 0) is 13.8 Å². The molecule has 6 heteroatoms. The van der Waals surface area contributed by atoms with Gasteiger partial charge in [-0.25, -0.2) is 9.78 Å². The van der Waals surface area contributed by atoms with E-state index in [1.54, 1.807) is 20.9 Å². The highest BCUT2D eigenvalue weighted by Crippen LogP contribution is 2.31. The lowest BCUT2D eigenvalue weighted by Crippen LogP contribution is -2.26. The molecule has 2 aromatic rings. The van der Waals surface area contributed by atoms with Crippen LogP contribution in [0.25, 0.3) is 11.0 Å². The van der Waals surface area contributed by atoms with E-state index in [0.29, 0.717) is 11.0 Å². The van der Waals surface area contributed by atoms with E-state index < -0.39 is 11.6 Å². The maximum atomic E-state index is 11.2. The smallest absolute Gasteiger partial charge is 0.341 e. The molecule has 0 aromatic carbocycles. The average molecular weight is 259 g/mol. The van der Waals surface area contributed by atoms with Crippen molar-refractivity contribution in [2.24, 2.45) is 7.05 Å². The zero-order valence-electron chi connectivity index (χ0n) is 10.8. The number of ether oxygens (including phenoxy) is 1. The molecule has 0 saturated carbocycles. The number of aryl methyl sites for hydroxylation is 1. The molecule has 0 amide bonds. The Morgan fingerprint density at radius 2 is 2.21 bits per heavy atom. The van der Waals surface area contributed by atoms with Gasteiger partial charge in [0.05, 0.1) is 11.6 Å². The van der Waals surface area contributed by atoms with Crippen LogP contribution in [0.5, 0.6) is 5.75 Å². The van der Waals surface area contributed by atoms with Crippen molar-refractivity contribution in [3.05, 3.63) is 18.0 Å². The molecule has 2 aromatic heterocycles. The van der Waals surface area contributed by atoms with Crippen molar-refractivity contribution >= 4 is 17.0 Å². The summed E-state index contributed by atoms with van der Waals surface area (Å²) in [5, 5.41) is 13.8. The molecule has 98 valence electrons. The number of carboxylic acid groups (broad SMARTS) is 1. The van der Waals surface area contributed by atoms with Crippen molar-refractivity contribution in [2.75, 3.05) is 0 Å². The van der Waals surface area contributed by atoms with Crippen LogP contribution in [0, 0.1) is 12.3 Å². The number of carbonyl (C=O) groups is 1. The van der Waals surface area contributed by atoms with Gasteiger partial charge in [-0.2, -0.15) is 5.10 Å². The summed E-state index contributed by atoms with van der Waals surface area (Å²) >= 11 is 0. The molecule has 0 atom stereocenters. The molecule has 0 spiro atoms. The van der Waals surface area contributed by atoms with E-state index in [1.807, 2.05) is 0 Å². The Hall–Kier alpha value is -2.55. The molecule has 0 bridgehead atoms. The zero-order valence-corrected chi connectivity index (χ0v) is 10.8. The van der Waals surface area contributed by atoms with Crippen molar-refractivity contribution in [1.82, 2.24) is 14.8 Å². The summed E-state index contributed by atoms with van der Waals surface area (Å²) in [4.78, 5) is 15.3. The largest absolute Gasteiger partial charge is 0.477 e. The molecule has 19 heavy (non-hydrogen) atoms. The minimum absolute atomic E-state index is 0.0381. The van der Waals surface area contributed by atoms with Gasteiger partial charge >= 0.3 is 5.97 Å². The van der Waals surface area contributed by atoms with Gasteiger partial charge in [-0.1, -0.05) is 5.92 Å². The van der Waals surface area contributed by atoms with Crippen LogP contribution in [-0.2, 0) is 7.05 Å². The standard InChI is InChI=1S/C13H13N3O3/c1-5-13(2,3)19-10-8-7-15-16(4)11(8)14-6-9(10)12(17)18/h1,6-7H,2-4H3,(H,17,18). The lowest BCUT2D eigenvalue weighted by atomic mass is 10.1. The molecule has 0 aliphatic heterocycles. The molecule has 0 radical (unpaired) electrons. The van der Waals surface area contributed by atoms with Crippen LogP contribution in [-0.4, -0.2) is 31.4 Å². The number of nitrogens with zero attached hydrogens (tertiary/aromatic N) is 3. The second-order valence-electron chi connectivity index (χ2n) is 4.57. The first-order valence-electron chi connectivity index (χ1n) is 5.56. The number of fused-ring (bicyclic) bond motifs is 1. The first-order valence-corrected chi connectivity index (χ1v) is 5.56. The Labute approximate surface area is 110 Å². The third-order valence-electron chi connectivity index (χ3n) is 2.65. The molecule has 2 rings (SSSR count). The van der Waals surface area contributed by atoms with Gasteiger partial charge in [-0.3, -0.25) is 4.68 Å². The average Bonchev–Trinajstić information content (AvgIpc) is 2.71. The number of hydrogen-bond acceptors (Lipinski definition) is 4. The molecule has 0 unspecified atom stereocenters. The molecule has 0 aliphatic carbocycles. The number of terminal acetylenes is 1. The number of carboxylic acids is 1. The summed E-state index contributed by atoms with van der Waals surface area (Å²) in [7, 11) is 1.71. The topological polar surface area (TPSA) is 77.2 Å². The van der Waals surface area contributed by atoms with Crippen molar-refractivity contribution in [3.63, 3.8) is 0 Å². The first-order chi connectivity index (χ1) is 8.85. The van der Waals surface area contributed by atoms with E-state index in [1.165, 1.54) is 17.1 Å². The lowest BCUT2D eigenvalue weighted by Gasteiger charge is -2.21. The minimum atomic E-state index is -1.12. The van der Waals surface area contributed by atoms with Gasteiger partial charge in [0.15, 0.2) is 11.2 Å². The van der Waals surface area contributed by atoms with Crippen LogP contribution in [0.1, 0.15) is 24.2 Å². The summed E-state index contributed by atoms with van der Waals surface area (Å²) in [6.45, 7) is 3.36. The number of aromatic nitrogens is 3. The van der Waals surface area contributed by atoms with E-state index in [0.717, 1.165) is 0 Å². The highest BCUT2D eigenvalue weighted by Gasteiger charge is 2.24. The van der Waals surface area contributed by atoms with Gasteiger partial charge < -0.3 is 9.84 Å². The summed E-state index contributed by atoms with van der Waals surface area (Å²) in [6.07, 6.45) is 8.13. The molecule has 1 N–H and O–H groups in total. The van der Waals surface area contributed by atoms with Crippen molar-refractivity contribution in [3.8, 4) is 18.1 Å². The second-order valence-corrected chi connectivity index (χ2v) is 4.57. The third-order valence-corrected chi connectivity index (χ3v) is 2.65. The molecule has 0 fully saturated rings. The third kappa shape index (κ3) is 2.22. The highest BCUT2D eigenvalue weighted by atomic mass is 16.5. The molecule has 6 nitrogen and oxygen atoms in total. The minimum Gasteiger partial charge on any atom is -0.477 e. The SMILES string of the molecule is C#CC(C)(C)Oc1c(C(=O)O)cnc2c1cnn2C. The van der Waals surface area contributed by atoms with E-state index in [-0.39, 0.29) is 11.3 Å². The fraction of sp³-hybridized carbons (Fsp3) is 0.308. The van der Waals surface area contributed by atoms with E-state index in [9.17, 15) is 9.90 Å². The lowest BCUT2D eigenvalue weighted by molar-refractivity contribution is 0.0687. The fourth-order valence-electron chi connectivity index (χ4n) is 1.62. The highest BCUT2D eigenvalue weighted by molar-refractivity contribution is 5.97. The maximum Gasteiger partial charge on any atom is 0.341 e. The Kier molecular flexibility index (Phi) is 2.91. The van der Waals surface area contributed by atoms with Crippen molar-refractivity contribution in [2.45, 2.75) is 19.4 Å². The zero-order chi connectivity index (χ0) is 14.2. The van der Waals surface area contributed by atoms with Crippen LogP contribution in [0.2, 0.25) is 0 Å². The van der Waals surface area contributed by atoms with Crippen molar-refractivity contribution in [1.29, 1.82) is 0 Å². The predicted octanol–water partition coefficient (Wildman–Crippen LogP) is 1.46. The second kappa shape index (κ2) is 4.28. The van der Waals surface area contributed by atoms with Crippen LogP contribution < -0.4 is 4.74 Å². The fourth-order valence-corrected chi connectivity index (χ4v) is 1.62. The van der Waals surface area contributed by atoms with Gasteiger partial charge in [0.1, 0.15) is 11.3 Å². The van der Waals surface area contributed by atoms with E-state index >= 15 is 0 Å². The maximum absolute atomic E-state index is 11.2. The quantitative estimate of drug-likeness (QED) is 0.844. The summed E-state index contributed by atoms with van der Waals surface area (Å²) in [5.41, 5.74) is -0.425. The Balaban J connectivity index is 2.70. The molecular formula is C13H13N3O3. The normalized spacial score (nSPS) is 11.3. The number of aromatic carboxylic acids is 1. The monoisotopic (exact) mass is 259 g/mol. The van der Waals surface area contributed by atoms with Gasteiger partial charge in [-0.15, -0.1) is 6.42 Å². The van der Waals surface area contributed by atoms with E-state index in [4.69, 9.17) is 11.2 Å². The number of hydrogen-bond donors (Lipinski definition) is 1. The molecule has 0 saturated heterocycles. The Morgan fingerprint density at radius 3 is 2.79 bits per heavy atom. The van der Waals surface area contributed by atoms with Crippen LogP contribution in [0.4, 0.5) is 0 Å². The van der Waals surface area contributed by atoms with Crippen LogP contribution in [0.15, 0.2) is 12.4 Å². The van der Waals surface area contributed by atoms with Crippen LogP contribution in [0.3, 0.4) is 0 Å². The van der Waals surface area contributed by atoms with Gasteiger partial charge in [0.25, 0.3) is 0 Å². The van der Waals surface area contributed by atoms with Crippen LogP contribution >= 0.6 is 0 Å². The van der Waals surface area contributed by atoms with Gasteiger partial charge in [0, 0.05) is 13.2 Å². The molecular weight excluding hydrogens is 246 g/mol. The van der Waals surface area contributed by atoms with Gasteiger partial charge in [0.2, 0.25) is 0 Å². The summed E-state index contributed by atoms with van der Waals surface area (Å²) < 4.78 is 7.20. The molecule has 2 heterocycles. The molecule has 0 aliphatic rings. The summed E-state index contributed by atoms with van der Waals surface area (Å²) in [5.74, 6) is 1.53. The Bertz CT molecular complexity index is 695. The first kappa shape index (κ1) is 12.9. The summed E-state index contributed by atoms with van der Waals surface area (Å²) in [6, 6.07) is 0.